The Morgan fingerprint density at radius 2 is 2.21 bits per heavy atom. The Bertz CT molecular complexity index is 344. The molecule has 0 aliphatic carbocycles. The molecule has 0 aromatic carbocycles. The van der Waals surface area contributed by atoms with Gasteiger partial charge in [0.15, 0.2) is 0 Å². The van der Waals surface area contributed by atoms with Gasteiger partial charge in [0.05, 0.1) is 5.69 Å². The minimum Gasteiger partial charge on any atom is -0.326 e. The molecule has 1 aromatic heterocycles. The van der Waals surface area contributed by atoms with Crippen molar-refractivity contribution in [2.24, 2.45) is 5.73 Å². The highest BCUT2D eigenvalue weighted by molar-refractivity contribution is 5.23. The van der Waals surface area contributed by atoms with Crippen LogP contribution in [0.15, 0.2) is 0 Å². The Morgan fingerprint density at radius 3 is 2.71 bits per heavy atom. The zero-order chi connectivity index (χ0) is 10.6. The fourth-order valence-corrected chi connectivity index (χ4v) is 1.58. The van der Waals surface area contributed by atoms with Crippen molar-refractivity contribution in [1.29, 1.82) is 0 Å². The summed E-state index contributed by atoms with van der Waals surface area (Å²) in [5.41, 5.74) is 8.99. The number of aryl methyl sites for hydroxylation is 2. The summed E-state index contributed by atoms with van der Waals surface area (Å²) in [6.07, 6.45) is 6.97. The molecule has 0 unspecified atom stereocenters. The van der Waals surface area contributed by atoms with Crippen LogP contribution in [0.5, 0.6) is 0 Å². The fourth-order valence-electron chi connectivity index (χ4n) is 1.58. The van der Waals surface area contributed by atoms with Crippen LogP contribution in [0, 0.1) is 26.2 Å². The molecule has 1 rings (SSSR count). The second kappa shape index (κ2) is 4.83. The first kappa shape index (κ1) is 10.8. The van der Waals surface area contributed by atoms with E-state index in [9.17, 15) is 0 Å². The third kappa shape index (κ3) is 2.15. The van der Waals surface area contributed by atoms with E-state index in [2.05, 4.69) is 17.9 Å². The summed E-state index contributed by atoms with van der Waals surface area (Å²) in [6.45, 7) is 5.49. The van der Waals surface area contributed by atoms with Crippen LogP contribution in [-0.4, -0.2) is 9.78 Å². The Balaban J connectivity index is 2.74. The van der Waals surface area contributed by atoms with Crippen molar-refractivity contribution >= 4 is 0 Å². The van der Waals surface area contributed by atoms with Crippen LogP contribution in [0.4, 0.5) is 0 Å². The van der Waals surface area contributed by atoms with Gasteiger partial charge in [-0.25, -0.2) is 0 Å². The van der Waals surface area contributed by atoms with E-state index in [0.717, 1.165) is 30.6 Å². The van der Waals surface area contributed by atoms with Crippen LogP contribution in [0.25, 0.3) is 0 Å². The molecule has 0 aliphatic rings. The normalized spacial score (nSPS) is 10.1. The minimum absolute atomic E-state index is 0.562. The van der Waals surface area contributed by atoms with Crippen LogP contribution in [0.2, 0.25) is 0 Å². The van der Waals surface area contributed by atoms with Crippen molar-refractivity contribution in [2.75, 3.05) is 0 Å². The largest absolute Gasteiger partial charge is 0.326 e. The lowest BCUT2D eigenvalue weighted by atomic mass is 10.2. The van der Waals surface area contributed by atoms with Crippen molar-refractivity contribution in [1.82, 2.24) is 9.78 Å². The summed E-state index contributed by atoms with van der Waals surface area (Å²) in [5, 5.41) is 4.42. The number of terminal acetylenes is 1. The smallest absolute Gasteiger partial charge is 0.0641 e. The van der Waals surface area contributed by atoms with Crippen molar-refractivity contribution < 1.29 is 0 Å². The zero-order valence-electron chi connectivity index (χ0n) is 8.88. The van der Waals surface area contributed by atoms with Crippen molar-refractivity contribution in [3.8, 4) is 12.3 Å². The van der Waals surface area contributed by atoms with Gasteiger partial charge in [-0.05, 0) is 20.3 Å². The zero-order valence-corrected chi connectivity index (χ0v) is 8.88. The molecule has 0 amide bonds. The second-order valence-electron chi connectivity index (χ2n) is 3.38. The molecule has 0 atom stereocenters. The van der Waals surface area contributed by atoms with Gasteiger partial charge in [-0.15, -0.1) is 12.3 Å². The summed E-state index contributed by atoms with van der Waals surface area (Å²) in [5.74, 6) is 2.63. The molecule has 0 aliphatic heterocycles. The van der Waals surface area contributed by atoms with Crippen LogP contribution in [-0.2, 0) is 13.1 Å². The first-order chi connectivity index (χ1) is 6.70. The predicted molar refractivity (Wildman–Crippen MR) is 57.7 cm³/mol. The third-order valence-corrected chi connectivity index (χ3v) is 2.43. The van der Waals surface area contributed by atoms with Gasteiger partial charge in [0.1, 0.15) is 0 Å². The lowest BCUT2D eigenvalue weighted by molar-refractivity contribution is 0.569. The van der Waals surface area contributed by atoms with E-state index in [1.54, 1.807) is 0 Å². The standard InChI is InChI=1S/C11H17N3/c1-4-5-6-7-14-10(3)11(8-12)9(2)13-14/h1H,5-8,12H2,2-3H3. The molecule has 0 spiro atoms. The van der Waals surface area contributed by atoms with Gasteiger partial charge in [0.2, 0.25) is 0 Å². The summed E-state index contributed by atoms with van der Waals surface area (Å²) < 4.78 is 1.99. The van der Waals surface area contributed by atoms with Gasteiger partial charge in [-0.2, -0.15) is 5.10 Å². The summed E-state index contributed by atoms with van der Waals surface area (Å²) >= 11 is 0. The maximum absolute atomic E-state index is 5.63. The first-order valence-electron chi connectivity index (χ1n) is 4.87. The van der Waals surface area contributed by atoms with Gasteiger partial charge in [0, 0.05) is 30.8 Å². The maximum Gasteiger partial charge on any atom is 0.0641 e. The highest BCUT2D eigenvalue weighted by Crippen LogP contribution is 2.12. The number of nitrogens with zero attached hydrogens (tertiary/aromatic N) is 2. The van der Waals surface area contributed by atoms with E-state index in [1.807, 2.05) is 11.6 Å². The number of unbranched alkanes of at least 4 members (excludes halogenated alkanes) is 1. The van der Waals surface area contributed by atoms with E-state index >= 15 is 0 Å². The van der Waals surface area contributed by atoms with Gasteiger partial charge in [-0.3, -0.25) is 4.68 Å². The number of rotatable bonds is 4. The van der Waals surface area contributed by atoms with E-state index in [4.69, 9.17) is 12.2 Å². The first-order valence-corrected chi connectivity index (χ1v) is 4.87. The quantitative estimate of drug-likeness (QED) is 0.577. The van der Waals surface area contributed by atoms with Gasteiger partial charge in [0.25, 0.3) is 0 Å². The monoisotopic (exact) mass is 191 g/mol. The van der Waals surface area contributed by atoms with Crippen molar-refractivity contribution in [3.63, 3.8) is 0 Å². The van der Waals surface area contributed by atoms with E-state index < -0.39 is 0 Å². The molecule has 3 heteroatoms. The molecule has 2 N–H and O–H groups in total. The average molecular weight is 191 g/mol. The third-order valence-electron chi connectivity index (χ3n) is 2.43. The molecule has 0 radical (unpaired) electrons. The highest BCUT2D eigenvalue weighted by atomic mass is 15.3. The topological polar surface area (TPSA) is 43.8 Å². The van der Waals surface area contributed by atoms with Gasteiger partial charge < -0.3 is 5.73 Å². The lowest BCUT2D eigenvalue weighted by Gasteiger charge is -2.02. The molecule has 0 bridgehead atoms. The van der Waals surface area contributed by atoms with E-state index in [1.165, 1.54) is 5.69 Å². The second-order valence-corrected chi connectivity index (χ2v) is 3.38. The molecule has 1 heterocycles. The molecular weight excluding hydrogens is 174 g/mol. The summed E-state index contributed by atoms with van der Waals surface area (Å²) in [7, 11) is 0. The molecule has 3 nitrogen and oxygen atoms in total. The summed E-state index contributed by atoms with van der Waals surface area (Å²) in [4.78, 5) is 0. The average Bonchev–Trinajstić information content (AvgIpc) is 2.42. The Labute approximate surface area is 85.3 Å². The molecule has 76 valence electrons. The molecule has 1 aromatic rings. The molecular formula is C11H17N3. The highest BCUT2D eigenvalue weighted by Gasteiger charge is 2.08. The Hall–Kier alpha value is -1.27. The van der Waals surface area contributed by atoms with E-state index in [-0.39, 0.29) is 0 Å². The molecule has 0 saturated heterocycles. The summed E-state index contributed by atoms with van der Waals surface area (Å²) in [6, 6.07) is 0. The van der Waals surface area contributed by atoms with Gasteiger partial charge in [-0.1, -0.05) is 0 Å². The Kier molecular flexibility index (Phi) is 3.73. The van der Waals surface area contributed by atoms with Crippen LogP contribution in [0.1, 0.15) is 29.8 Å². The van der Waals surface area contributed by atoms with Crippen molar-refractivity contribution in [3.05, 3.63) is 17.0 Å². The van der Waals surface area contributed by atoms with Crippen LogP contribution < -0.4 is 5.73 Å². The Morgan fingerprint density at radius 1 is 1.50 bits per heavy atom. The number of nitrogens with two attached hydrogens (primary N) is 1. The lowest BCUT2D eigenvalue weighted by Crippen LogP contribution is -2.04. The maximum atomic E-state index is 5.63. The van der Waals surface area contributed by atoms with Crippen molar-refractivity contribution in [2.45, 2.75) is 39.8 Å². The molecule has 14 heavy (non-hydrogen) atoms. The van der Waals surface area contributed by atoms with Crippen LogP contribution >= 0.6 is 0 Å². The molecule has 0 saturated carbocycles. The van der Waals surface area contributed by atoms with Crippen LogP contribution in [0.3, 0.4) is 0 Å². The molecule has 0 fully saturated rings. The SMILES string of the molecule is C#CCCCn1nc(C)c(CN)c1C. The minimum atomic E-state index is 0.562. The number of aromatic nitrogens is 2. The van der Waals surface area contributed by atoms with Gasteiger partial charge >= 0.3 is 0 Å². The predicted octanol–water partition coefficient (Wildman–Crippen LogP) is 1.37. The fraction of sp³-hybridized carbons (Fsp3) is 0.545. The number of hydrogen-bond acceptors (Lipinski definition) is 2. The number of hydrogen-bond donors (Lipinski definition) is 1. The van der Waals surface area contributed by atoms with E-state index in [0.29, 0.717) is 6.54 Å².